The standard InChI is InChI=1S/C12H22N4O3/c1-16(8-9(13)17)11(18)12(10(14)15-19)6-4-2-3-5-7-12/h19H,2-8H2,1H3,(H2,13,17)(H2,14,15). The highest BCUT2D eigenvalue weighted by Gasteiger charge is 2.44. The number of hydrogen-bond acceptors (Lipinski definition) is 4. The van der Waals surface area contributed by atoms with Crippen LogP contribution in [0.4, 0.5) is 0 Å². The van der Waals surface area contributed by atoms with Gasteiger partial charge in [-0.3, -0.25) is 9.59 Å². The Morgan fingerprint density at radius 2 is 1.74 bits per heavy atom. The molecule has 0 aromatic heterocycles. The van der Waals surface area contributed by atoms with Gasteiger partial charge in [0.05, 0.1) is 6.54 Å². The number of nitrogens with zero attached hydrogens (tertiary/aromatic N) is 2. The van der Waals surface area contributed by atoms with Crippen LogP contribution in [0.2, 0.25) is 0 Å². The van der Waals surface area contributed by atoms with Gasteiger partial charge in [0.15, 0.2) is 5.84 Å². The SMILES string of the molecule is CN(CC(N)=O)C(=O)C1(C(N)=NO)CCCCCC1. The molecule has 1 saturated carbocycles. The molecule has 1 aliphatic rings. The fourth-order valence-corrected chi connectivity index (χ4v) is 2.68. The predicted molar refractivity (Wildman–Crippen MR) is 70.4 cm³/mol. The first-order chi connectivity index (χ1) is 8.94. The molecule has 7 nitrogen and oxygen atoms in total. The van der Waals surface area contributed by atoms with E-state index >= 15 is 0 Å². The summed E-state index contributed by atoms with van der Waals surface area (Å²) >= 11 is 0. The van der Waals surface area contributed by atoms with E-state index in [0.717, 1.165) is 25.7 Å². The van der Waals surface area contributed by atoms with Gasteiger partial charge in [-0.25, -0.2) is 0 Å². The highest BCUT2D eigenvalue weighted by molar-refractivity contribution is 6.07. The molecular weight excluding hydrogens is 248 g/mol. The zero-order chi connectivity index (χ0) is 14.5. The molecule has 0 unspecified atom stereocenters. The monoisotopic (exact) mass is 270 g/mol. The lowest BCUT2D eigenvalue weighted by Gasteiger charge is -2.33. The number of hydrogen-bond donors (Lipinski definition) is 3. The first-order valence-electron chi connectivity index (χ1n) is 6.46. The van der Waals surface area contributed by atoms with Crippen molar-refractivity contribution in [3.05, 3.63) is 0 Å². The van der Waals surface area contributed by atoms with Crippen molar-refractivity contribution in [3.63, 3.8) is 0 Å². The third-order valence-electron chi connectivity index (χ3n) is 3.70. The minimum Gasteiger partial charge on any atom is -0.409 e. The van der Waals surface area contributed by atoms with E-state index in [1.165, 1.54) is 11.9 Å². The Morgan fingerprint density at radius 3 is 2.16 bits per heavy atom. The summed E-state index contributed by atoms with van der Waals surface area (Å²) in [6.45, 7) is -0.167. The number of oxime groups is 1. The quantitative estimate of drug-likeness (QED) is 0.219. The first-order valence-corrected chi connectivity index (χ1v) is 6.46. The minimum absolute atomic E-state index is 0.0734. The second-order valence-electron chi connectivity index (χ2n) is 5.11. The number of nitrogens with two attached hydrogens (primary N) is 2. The average molecular weight is 270 g/mol. The van der Waals surface area contributed by atoms with Crippen molar-refractivity contribution in [3.8, 4) is 0 Å². The van der Waals surface area contributed by atoms with Crippen molar-refractivity contribution < 1.29 is 14.8 Å². The Labute approximate surface area is 112 Å². The number of amidine groups is 1. The number of carbonyl (C=O) groups is 2. The van der Waals surface area contributed by atoms with E-state index in [0.29, 0.717) is 12.8 Å². The van der Waals surface area contributed by atoms with Crippen LogP contribution in [0.15, 0.2) is 5.16 Å². The molecule has 0 bridgehead atoms. The van der Waals surface area contributed by atoms with E-state index in [9.17, 15) is 9.59 Å². The molecule has 0 radical (unpaired) electrons. The van der Waals surface area contributed by atoms with Gasteiger partial charge in [0.1, 0.15) is 5.41 Å². The summed E-state index contributed by atoms with van der Waals surface area (Å²) in [5, 5.41) is 12.0. The summed E-state index contributed by atoms with van der Waals surface area (Å²) in [5.74, 6) is -0.960. The van der Waals surface area contributed by atoms with Crippen LogP contribution >= 0.6 is 0 Å². The van der Waals surface area contributed by atoms with Gasteiger partial charge in [0.2, 0.25) is 11.8 Å². The Bertz CT molecular complexity index is 373. The molecule has 7 heteroatoms. The second-order valence-corrected chi connectivity index (χ2v) is 5.11. The van der Waals surface area contributed by atoms with Crippen molar-refractivity contribution in [1.29, 1.82) is 0 Å². The number of carbonyl (C=O) groups excluding carboxylic acids is 2. The molecule has 108 valence electrons. The summed E-state index contributed by atoms with van der Waals surface area (Å²) in [7, 11) is 1.50. The molecule has 1 fully saturated rings. The van der Waals surface area contributed by atoms with Gasteiger partial charge in [-0.15, -0.1) is 0 Å². The van der Waals surface area contributed by atoms with Crippen LogP contribution in [0.1, 0.15) is 38.5 Å². The zero-order valence-corrected chi connectivity index (χ0v) is 11.3. The highest BCUT2D eigenvalue weighted by Crippen LogP contribution is 2.37. The predicted octanol–water partition coefficient (Wildman–Crippen LogP) is 0.0171. The van der Waals surface area contributed by atoms with E-state index in [4.69, 9.17) is 16.7 Å². The van der Waals surface area contributed by atoms with E-state index in [1.54, 1.807) is 0 Å². The maximum atomic E-state index is 12.6. The van der Waals surface area contributed by atoms with Crippen LogP contribution in [0.25, 0.3) is 0 Å². The van der Waals surface area contributed by atoms with Crippen LogP contribution in [-0.4, -0.2) is 41.3 Å². The molecule has 1 rings (SSSR count). The van der Waals surface area contributed by atoms with E-state index in [1.807, 2.05) is 0 Å². The van der Waals surface area contributed by atoms with Crippen LogP contribution in [0.3, 0.4) is 0 Å². The molecule has 0 spiro atoms. The van der Waals surface area contributed by atoms with Gasteiger partial charge in [-0.1, -0.05) is 30.8 Å². The third-order valence-corrected chi connectivity index (χ3v) is 3.70. The molecular formula is C12H22N4O3. The molecule has 0 aromatic carbocycles. The fraction of sp³-hybridized carbons (Fsp3) is 0.750. The average Bonchev–Trinajstić information content (AvgIpc) is 2.62. The number of amides is 2. The number of rotatable bonds is 4. The lowest BCUT2D eigenvalue weighted by molar-refractivity contribution is -0.140. The van der Waals surface area contributed by atoms with Gasteiger partial charge in [-0.05, 0) is 12.8 Å². The van der Waals surface area contributed by atoms with E-state index < -0.39 is 11.3 Å². The Hall–Kier alpha value is -1.79. The van der Waals surface area contributed by atoms with Gasteiger partial charge in [0.25, 0.3) is 0 Å². The van der Waals surface area contributed by atoms with Crippen LogP contribution in [0.5, 0.6) is 0 Å². The van der Waals surface area contributed by atoms with Crippen molar-refractivity contribution in [2.75, 3.05) is 13.6 Å². The molecule has 0 heterocycles. The maximum Gasteiger partial charge on any atom is 0.237 e. The van der Waals surface area contributed by atoms with Crippen molar-refractivity contribution in [2.24, 2.45) is 22.0 Å². The molecule has 0 aliphatic heterocycles. The summed E-state index contributed by atoms with van der Waals surface area (Å²) in [6, 6.07) is 0. The number of likely N-dealkylation sites (N-methyl/N-ethyl adjacent to an activating group) is 1. The summed E-state index contributed by atoms with van der Waals surface area (Å²) < 4.78 is 0. The summed E-state index contributed by atoms with van der Waals surface area (Å²) in [6.07, 6.45) is 4.79. The topological polar surface area (TPSA) is 122 Å². The maximum absolute atomic E-state index is 12.6. The first kappa shape index (κ1) is 15.3. The van der Waals surface area contributed by atoms with Gasteiger partial charge in [-0.2, -0.15) is 0 Å². The molecule has 19 heavy (non-hydrogen) atoms. The molecule has 2 amide bonds. The number of primary amides is 1. The molecule has 1 aliphatic carbocycles. The largest absolute Gasteiger partial charge is 0.409 e. The highest BCUT2D eigenvalue weighted by atomic mass is 16.4. The van der Waals surface area contributed by atoms with Crippen molar-refractivity contribution in [1.82, 2.24) is 4.90 Å². The van der Waals surface area contributed by atoms with Crippen LogP contribution in [-0.2, 0) is 9.59 Å². The summed E-state index contributed by atoms with van der Waals surface area (Å²) in [5.41, 5.74) is 9.85. The third kappa shape index (κ3) is 3.36. The molecule has 5 N–H and O–H groups in total. The van der Waals surface area contributed by atoms with Gasteiger partial charge in [0, 0.05) is 7.05 Å². The van der Waals surface area contributed by atoms with Gasteiger partial charge < -0.3 is 21.6 Å². The van der Waals surface area contributed by atoms with Crippen molar-refractivity contribution >= 4 is 17.6 Å². The van der Waals surface area contributed by atoms with E-state index in [2.05, 4.69) is 5.16 Å². The van der Waals surface area contributed by atoms with Crippen molar-refractivity contribution in [2.45, 2.75) is 38.5 Å². The normalized spacial score (nSPS) is 19.5. The summed E-state index contributed by atoms with van der Waals surface area (Å²) in [4.78, 5) is 24.7. The fourth-order valence-electron chi connectivity index (χ4n) is 2.68. The van der Waals surface area contributed by atoms with Gasteiger partial charge >= 0.3 is 0 Å². The molecule has 0 aromatic rings. The lowest BCUT2D eigenvalue weighted by Crippen LogP contribution is -2.51. The second kappa shape index (κ2) is 6.40. The molecule has 0 saturated heterocycles. The van der Waals surface area contributed by atoms with Crippen LogP contribution < -0.4 is 11.5 Å². The zero-order valence-electron chi connectivity index (χ0n) is 11.3. The van der Waals surface area contributed by atoms with E-state index in [-0.39, 0.29) is 18.3 Å². The Kier molecular flexibility index (Phi) is 5.14. The van der Waals surface area contributed by atoms with Crippen LogP contribution in [0, 0.1) is 5.41 Å². The Morgan fingerprint density at radius 1 is 1.21 bits per heavy atom. The molecule has 0 atom stereocenters. The lowest BCUT2D eigenvalue weighted by atomic mass is 9.77. The Balaban J connectivity index is 3.02. The minimum atomic E-state index is -1.00. The smallest absolute Gasteiger partial charge is 0.237 e.